The number of nitrogens with zero attached hydrogens (tertiary/aromatic N) is 3. The van der Waals surface area contributed by atoms with E-state index in [1.165, 1.54) is 11.1 Å². The molecule has 1 N–H and O–H groups in total. The van der Waals surface area contributed by atoms with Crippen molar-refractivity contribution in [1.82, 2.24) is 14.9 Å². The minimum Gasteiger partial charge on any atom is -0.493 e. The quantitative estimate of drug-likeness (QED) is 0.102. The minimum atomic E-state index is -1.75. The monoisotopic (exact) mass is 682 g/mol. The maximum atomic E-state index is 6.46. The number of methoxy groups -OCH3 is 1. The number of hydrogen-bond donors (Lipinski definition) is 1. The maximum absolute atomic E-state index is 6.46. The third-order valence-corrected chi connectivity index (χ3v) is 16.4. The van der Waals surface area contributed by atoms with E-state index in [0.717, 1.165) is 93.6 Å². The first-order valence-electron chi connectivity index (χ1n) is 17.5. The first-order valence-corrected chi connectivity index (χ1v) is 24.1. The summed E-state index contributed by atoms with van der Waals surface area (Å²) in [5, 5.41) is 3.78. The average molecular weight is 683 g/mol. The number of likely N-dealkylation sites (tertiary alicyclic amines) is 1. The third-order valence-electron chi connectivity index (χ3n) is 10.1. The van der Waals surface area contributed by atoms with Crippen molar-refractivity contribution in [2.24, 2.45) is 0 Å². The van der Waals surface area contributed by atoms with Crippen LogP contribution < -0.4 is 14.8 Å². The second kappa shape index (κ2) is 14.6. The van der Waals surface area contributed by atoms with E-state index in [2.05, 4.69) is 76.7 Å². The van der Waals surface area contributed by atoms with Gasteiger partial charge in [0.05, 0.1) is 12.8 Å². The second-order valence-corrected chi connectivity index (χ2v) is 26.6. The molecule has 9 nitrogen and oxygen atoms in total. The molecule has 0 radical (unpaired) electrons. The van der Waals surface area contributed by atoms with E-state index in [0.29, 0.717) is 23.0 Å². The molecule has 0 unspecified atom stereocenters. The zero-order valence-corrected chi connectivity index (χ0v) is 32.6. The summed E-state index contributed by atoms with van der Waals surface area (Å²) in [4.78, 5) is 12.3. The highest BCUT2D eigenvalue weighted by atomic mass is 28.4. The Hall–Kier alpha value is -2.45. The summed E-state index contributed by atoms with van der Waals surface area (Å²) in [5.74, 6) is 1.48. The molecular formula is C36H58N4O5Si2. The van der Waals surface area contributed by atoms with Gasteiger partial charge in [-0.05, 0) is 86.4 Å². The van der Waals surface area contributed by atoms with Gasteiger partial charge in [-0.15, -0.1) is 0 Å². The normalized spacial score (nSPS) is 17.7. The number of nitrogens with one attached hydrogen (secondary N) is 1. The molecule has 11 heteroatoms. The molecule has 3 aromatic rings. The Kier molecular flexibility index (Phi) is 11.1. The van der Waals surface area contributed by atoms with Crippen LogP contribution in [0.4, 0.5) is 6.01 Å². The molecule has 1 atom stereocenters. The molecule has 1 fully saturated rings. The Balaban J connectivity index is 1.32. The first-order chi connectivity index (χ1) is 22.1. The minimum absolute atomic E-state index is 0.218. The van der Waals surface area contributed by atoms with Crippen molar-refractivity contribution >= 4 is 33.6 Å². The van der Waals surface area contributed by atoms with Gasteiger partial charge in [0, 0.05) is 52.0 Å². The zero-order chi connectivity index (χ0) is 34.0. The predicted octanol–water partition coefficient (Wildman–Crippen LogP) is 8.28. The fourth-order valence-corrected chi connectivity index (χ4v) is 8.08. The number of oxazole rings is 1. The lowest BCUT2D eigenvalue weighted by Gasteiger charge is -2.38. The van der Waals surface area contributed by atoms with Crippen molar-refractivity contribution in [1.29, 1.82) is 0 Å². The molecule has 0 spiro atoms. The second-order valence-electron chi connectivity index (χ2n) is 16.1. The third kappa shape index (κ3) is 8.78. The number of benzene rings is 1. The van der Waals surface area contributed by atoms with Crippen LogP contribution in [0.15, 0.2) is 16.5 Å². The van der Waals surface area contributed by atoms with Crippen LogP contribution in [0.2, 0.25) is 43.8 Å². The van der Waals surface area contributed by atoms with Crippen LogP contribution in [0.5, 0.6) is 11.5 Å². The molecule has 1 saturated heterocycles. The van der Waals surface area contributed by atoms with Crippen LogP contribution in [0, 0.1) is 6.92 Å². The number of aromatic nitrogens is 2. The van der Waals surface area contributed by atoms with Gasteiger partial charge in [0.25, 0.3) is 6.01 Å². The lowest BCUT2D eigenvalue weighted by molar-refractivity contribution is 0.0218. The van der Waals surface area contributed by atoms with Gasteiger partial charge in [-0.3, -0.25) is 4.90 Å². The van der Waals surface area contributed by atoms with Crippen molar-refractivity contribution in [2.75, 3.05) is 52.1 Å². The first kappa shape index (κ1) is 35.9. The van der Waals surface area contributed by atoms with Crippen LogP contribution in [0.25, 0.3) is 22.5 Å². The van der Waals surface area contributed by atoms with Crippen molar-refractivity contribution in [3.05, 3.63) is 28.8 Å². The van der Waals surface area contributed by atoms with E-state index in [4.69, 9.17) is 33.0 Å². The van der Waals surface area contributed by atoms with Gasteiger partial charge in [-0.1, -0.05) is 46.5 Å². The molecule has 5 rings (SSSR count). The fraction of sp³-hybridized carbons (Fsp3) is 0.667. The van der Waals surface area contributed by atoms with E-state index in [-0.39, 0.29) is 17.9 Å². The van der Waals surface area contributed by atoms with Gasteiger partial charge >= 0.3 is 0 Å². The Morgan fingerprint density at radius 3 is 2.55 bits per heavy atom. The number of anilines is 1. The highest BCUT2D eigenvalue weighted by molar-refractivity contribution is 6.76. The number of aryl methyl sites for hydroxylation is 2. The summed E-state index contributed by atoms with van der Waals surface area (Å²) in [5.41, 5.74) is 6.55. The Morgan fingerprint density at radius 1 is 1.04 bits per heavy atom. The van der Waals surface area contributed by atoms with Gasteiger partial charge in [0.1, 0.15) is 5.75 Å². The molecule has 2 aromatic heterocycles. The van der Waals surface area contributed by atoms with Gasteiger partial charge < -0.3 is 28.4 Å². The number of fused-ring (bicyclic) bond motifs is 2. The van der Waals surface area contributed by atoms with E-state index < -0.39 is 16.4 Å². The summed E-state index contributed by atoms with van der Waals surface area (Å²) >= 11 is 0. The largest absolute Gasteiger partial charge is 0.493 e. The number of rotatable bonds is 14. The van der Waals surface area contributed by atoms with Crippen molar-refractivity contribution in [3.63, 3.8) is 0 Å². The number of ether oxygens (including phenoxy) is 3. The molecule has 0 saturated carbocycles. The lowest BCUT2D eigenvalue weighted by Crippen LogP contribution is -2.46. The van der Waals surface area contributed by atoms with Crippen LogP contribution in [0.3, 0.4) is 0 Å². The SMILES string of the molecule is COc1cc(-c2c(C)cc3c(c2OCOCC[Si](C)(C)C)CCC3)nc2nc(N[C@@H]3CCCN(CCO[Si](C)(C)C(C)(C)C)C3)oc12. The summed E-state index contributed by atoms with van der Waals surface area (Å²) < 4.78 is 31.0. The maximum Gasteiger partial charge on any atom is 0.297 e. The van der Waals surface area contributed by atoms with Crippen molar-refractivity contribution < 1.29 is 23.1 Å². The van der Waals surface area contributed by atoms with E-state index in [1.54, 1.807) is 7.11 Å². The van der Waals surface area contributed by atoms with Crippen molar-refractivity contribution in [3.8, 4) is 22.8 Å². The summed E-state index contributed by atoms with van der Waals surface area (Å²) in [6, 6.07) is 6.05. The lowest BCUT2D eigenvalue weighted by atomic mass is 9.96. The molecule has 2 aliphatic rings. The van der Waals surface area contributed by atoms with Gasteiger partial charge in [-0.25, -0.2) is 4.98 Å². The Morgan fingerprint density at radius 2 is 1.83 bits per heavy atom. The Bertz CT molecular complexity index is 1530. The molecule has 260 valence electrons. The molecule has 47 heavy (non-hydrogen) atoms. The van der Waals surface area contributed by atoms with Gasteiger partial charge in [0.15, 0.2) is 20.9 Å². The molecule has 0 bridgehead atoms. The highest BCUT2D eigenvalue weighted by Gasteiger charge is 2.37. The highest BCUT2D eigenvalue weighted by Crippen LogP contribution is 2.43. The van der Waals surface area contributed by atoms with E-state index in [9.17, 15) is 0 Å². The zero-order valence-electron chi connectivity index (χ0n) is 30.6. The fourth-order valence-electron chi connectivity index (χ4n) is 6.29. The van der Waals surface area contributed by atoms with E-state index >= 15 is 0 Å². The molecule has 3 heterocycles. The molecular weight excluding hydrogens is 625 g/mol. The predicted molar refractivity (Wildman–Crippen MR) is 196 cm³/mol. The van der Waals surface area contributed by atoms with Gasteiger partial charge in [-0.2, -0.15) is 4.98 Å². The standard InChI is InChI=1S/C36H58N4O5Si2/c1-25-21-26-13-11-15-28(26)32(43-24-42-19-20-46(6,7)8)31(25)29-22-30(41-5)33-34(38-29)39-35(45-33)37-27-14-12-16-40(23-27)17-18-44-47(9,10)36(2,3)4/h21-22,27H,11-20,23-24H2,1-10H3,(H,37,38,39)/t27-/m1/s1. The molecule has 1 aliphatic carbocycles. The van der Waals surface area contributed by atoms with E-state index in [1.807, 2.05) is 6.07 Å². The van der Waals surface area contributed by atoms with Crippen LogP contribution in [-0.4, -0.2) is 84.1 Å². The smallest absolute Gasteiger partial charge is 0.297 e. The van der Waals surface area contributed by atoms with Crippen LogP contribution in [0.1, 0.15) is 56.7 Å². The van der Waals surface area contributed by atoms with Crippen LogP contribution in [-0.2, 0) is 22.0 Å². The summed E-state index contributed by atoms with van der Waals surface area (Å²) in [6.07, 6.45) is 5.36. The average Bonchev–Trinajstić information content (AvgIpc) is 3.61. The summed E-state index contributed by atoms with van der Waals surface area (Å²) in [6.45, 7) is 25.4. The van der Waals surface area contributed by atoms with Gasteiger partial charge in [0.2, 0.25) is 11.2 Å². The number of piperidine rings is 1. The van der Waals surface area contributed by atoms with Crippen LogP contribution >= 0.6 is 0 Å². The topological polar surface area (TPSA) is 91.1 Å². The number of pyridine rings is 1. The molecule has 1 aromatic carbocycles. The Labute approximate surface area is 284 Å². The number of hydrogen-bond acceptors (Lipinski definition) is 9. The molecule has 1 aliphatic heterocycles. The summed E-state index contributed by atoms with van der Waals surface area (Å²) in [7, 11) is -1.27. The van der Waals surface area contributed by atoms with Crippen molar-refractivity contribution in [2.45, 2.75) is 110 Å². The molecule has 0 amide bonds.